The first-order chi connectivity index (χ1) is 10.7. The van der Waals surface area contributed by atoms with Gasteiger partial charge in [-0.25, -0.2) is 0 Å². The molecule has 1 aliphatic rings. The van der Waals surface area contributed by atoms with Gasteiger partial charge < -0.3 is 24.8 Å². The molecular weight excluding hydrogens is 284 g/mol. The summed E-state index contributed by atoms with van der Waals surface area (Å²) in [5.74, 6) is 0. The Labute approximate surface area is 133 Å². The van der Waals surface area contributed by atoms with E-state index in [1.54, 1.807) is 0 Å². The first-order valence-electron chi connectivity index (χ1n) is 8.55. The molecule has 22 heavy (non-hydrogen) atoms. The summed E-state index contributed by atoms with van der Waals surface area (Å²) < 4.78 is 10.8. The van der Waals surface area contributed by atoms with E-state index in [4.69, 9.17) is 9.47 Å². The van der Waals surface area contributed by atoms with E-state index in [0.717, 1.165) is 6.42 Å². The lowest BCUT2D eigenvalue weighted by Gasteiger charge is -2.23. The SMILES string of the molecule is CCCCCCCC/C=C/CO[C@@H](CO)[C@H]1OC[C@@H](O)[C@H]1O. The molecular formula is C17H32O5. The van der Waals surface area contributed by atoms with Gasteiger partial charge in [0.2, 0.25) is 0 Å². The van der Waals surface area contributed by atoms with E-state index in [1.165, 1.54) is 38.5 Å². The Morgan fingerprint density at radius 1 is 1.14 bits per heavy atom. The van der Waals surface area contributed by atoms with Crippen molar-refractivity contribution < 1.29 is 24.8 Å². The lowest BCUT2D eigenvalue weighted by Crippen LogP contribution is -2.42. The Balaban J connectivity index is 2.07. The van der Waals surface area contributed by atoms with Crippen LogP contribution in [0, 0.1) is 0 Å². The van der Waals surface area contributed by atoms with Crippen LogP contribution >= 0.6 is 0 Å². The highest BCUT2D eigenvalue weighted by Gasteiger charge is 2.40. The standard InChI is InChI=1S/C17H32O5/c1-2-3-4-5-6-7-8-9-10-11-21-15(12-18)17-16(20)14(19)13-22-17/h9-10,14-20H,2-8,11-13H2,1H3/b10-9+/t14-,15+,16-,17-/m1/s1. The number of aliphatic hydroxyl groups is 3. The molecule has 5 heteroatoms. The largest absolute Gasteiger partial charge is 0.394 e. The van der Waals surface area contributed by atoms with Crippen LogP contribution in [0.1, 0.15) is 51.9 Å². The molecule has 3 N–H and O–H groups in total. The van der Waals surface area contributed by atoms with Crippen molar-refractivity contribution in [3.05, 3.63) is 12.2 Å². The minimum atomic E-state index is -0.996. The van der Waals surface area contributed by atoms with E-state index in [0.29, 0.717) is 6.61 Å². The van der Waals surface area contributed by atoms with Gasteiger partial charge in [0.25, 0.3) is 0 Å². The molecule has 0 amide bonds. The van der Waals surface area contributed by atoms with Crippen molar-refractivity contribution in [3.8, 4) is 0 Å². The number of allylic oxidation sites excluding steroid dienone is 1. The minimum Gasteiger partial charge on any atom is -0.394 e. The van der Waals surface area contributed by atoms with Crippen molar-refractivity contribution in [1.29, 1.82) is 0 Å². The van der Waals surface area contributed by atoms with Crippen molar-refractivity contribution in [2.24, 2.45) is 0 Å². The third-order valence-corrected chi connectivity index (χ3v) is 4.03. The Morgan fingerprint density at radius 2 is 1.86 bits per heavy atom. The summed E-state index contributed by atoms with van der Waals surface area (Å²) in [5, 5.41) is 28.5. The van der Waals surface area contributed by atoms with Gasteiger partial charge in [-0.3, -0.25) is 0 Å². The number of rotatable bonds is 12. The molecule has 1 heterocycles. The van der Waals surface area contributed by atoms with Gasteiger partial charge in [-0.2, -0.15) is 0 Å². The Morgan fingerprint density at radius 3 is 2.50 bits per heavy atom. The van der Waals surface area contributed by atoms with Gasteiger partial charge in [0, 0.05) is 0 Å². The van der Waals surface area contributed by atoms with Crippen molar-refractivity contribution in [2.45, 2.75) is 76.3 Å². The maximum atomic E-state index is 9.74. The zero-order chi connectivity index (χ0) is 16.2. The van der Waals surface area contributed by atoms with E-state index in [2.05, 4.69) is 13.0 Å². The topological polar surface area (TPSA) is 79.2 Å². The monoisotopic (exact) mass is 316 g/mol. The highest BCUT2D eigenvalue weighted by molar-refractivity contribution is 4.89. The molecule has 0 bridgehead atoms. The lowest BCUT2D eigenvalue weighted by atomic mass is 10.1. The molecule has 0 aromatic carbocycles. The summed E-state index contributed by atoms with van der Waals surface area (Å²) in [6.07, 6.45) is 9.62. The highest BCUT2D eigenvalue weighted by Crippen LogP contribution is 2.19. The fourth-order valence-electron chi connectivity index (χ4n) is 2.61. The molecule has 5 nitrogen and oxygen atoms in total. The summed E-state index contributed by atoms with van der Waals surface area (Å²) >= 11 is 0. The first-order valence-corrected chi connectivity index (χ1v) is 8.55. The van der Waals surface area contributed by atoms with E-state index in [9.17, 15) is 15.3 Å². The van der Waals surface area contributed by atoms with Crippen LogP contribution in [-0.4, -0.2) is 59.6 Å². The van der Waals surface area contributed by atoms with Crippen LogP contribution in [0.4, 0.5) is 0 Å². The second-order valence-electron chi connectivity index (χ2n) is 5.94. The zero-order valence-corrected chi connectivity index (χ0v) is 13.7. The van der Waals surface area contributed by atoms with Crippen molar-refractivity contribution in [2.75, 3.05) is 19.8 Å². The smallest absolute Gasteiger partial charge is 0.114 e. The van der Waals surface area contributed by atoms with Crippen LogP contribution in [0.25, 0.3) is 0 Å². The first kappa shape index (κ1) is 19.6. The summed E-state index contributed by atoms with van der Waals surface area (Å²) in [7, 11) is 0. The number of hydrogen-bond donors (Lipinski definition) is 3. The van der Waals surface area contributed by atoms with Crippen LogP contribution in [-0.2, 0) is 9.47 Å². The van der Waals surface area contributed by atoms with Crippen LogP contribution in [0.3, 0.4) is 0 Å². The summed E-state index contributed by atoms with van der Waals surface area (Å²) in [6.45, 7) is 2.45. The van der Waals surface area contributed by atoms with Crippen LogP contribution in [0.5, 0.6) is 0 Å². The maximum absolute atomic E-state index is 9.74. The molecule has 1 fully saturated rings. The van der Waals surface area contributed by atoms with E-state index in [-0.39, 0.29) is 13.2 Å². The molecule has 0 spiro atoms. The predicted molar refractivity (Wildman–Crippen MR) is 85.7 cm³/mol. The molecule has 1 saturated heterocycles. The normalized spacial score (nSPS) is 26.8. The number of hydrogen-bond acceptors (Lipinski definition) is 5. The molecule has 0 saturated carbocycles. The third-order valence-electron chi connectivity index (χ3n) is 4.03. The molecule has 0 aliphatic carbocycles. The number of aliphatic hydroxyl groups excluding tert-OH is 3. The molecule has 130 valence electrons. The van der Waals surface area contributed by atoms with E-state index in [1.807, 2.05) is 6.08 Å². The van der Waals surface area contributed by atoms with Gasteiger partial charge >= 0.3 is 0 Å². The zero-order valence-electron chi connectivity index (χ0n) is 13.7. The predicted octanol–water partition coefficient (Wildman–Crippen LogP) is 1.79. The van der Waals surface area contributed by atoms with Gasteiger partial charge in [-0.1, -0.05) is 51.2 Å². The molecule has 1 rings (SSSR count). The Hall–Kier alpha value is -0.460. The molecule has 1 aliphatic heterocycles. The molecule has 0 aromatic heterocycles. The van der Waals surface area contributed by atoms with Gasteiger partial charge in [0.15, 0.2) is 0 Å². The average molecular weight is 316 g/mol. The molecule has 4 atom stereocenters. The van der Waals surface area contributed by atoms with Gasteiger partial charge in [-0.15, -0.1) is 0 Å². The number of ether oxygens (including phenoxy) is 2. The number of unbranched alkanes of at least 4 members (excludes halogenated alkanes) is 6. The third kappa shape index (κ3) is 7.20. The van der Waals surface area contributed by atoms with E-state index < -0.39 is 24.4 Å². The Bertz CT molecular complexity index is 295. The van der Waals surface area contributed by atoms with Crippen molar-refractivity contribution in [3.63, 3.8) is 0 Å². The second kappa shape index (κ2) is 12.0. The second-order valence-corrected chi connectivity index (χ2v) is 5.94. The maximum Gasteiger partial charge on any atom is 0.114 e. The molecule has 0 radical (unpaired) electrons. The quantitative estimate of drug-likeness (QED) is 0.378. The summed E-state index contributed by atoms with van der Waals surface area (Å²) in [5.41, 5.74) is 0. The Kier molecular flexibility index (Phi) is 10.7. The summed E-state index contributed by atoms with van der Waals surface area (Å²) in [6, 6.07) is 0. The molecule has 0 aromatic rings. The summed E-state index contributed by atoms with van der Waals surface area (Å²) in [4.78, 5) is 0. The minimum absolute atomic E-state index is 0.0829. The highest BCUT2D eigenvalue weighted by atomic mass is 16.6. The van der Waals surface area contributed by atoms with Crippen LogP contribution < -0.4 is 0 Å². The van der Waals surface area contributed by atoms with E-state index >= 15 is 0 Å². The average Bonchev–Trinajstić information content (AvgIpc) is 2.85. The van der Waals surface area contributed by atoms with Crippen molar-refractivity contribution in [1.82, 2.24) is 0 Å². The van der Waals surface area contributed by atoms with Crippen LogP contribution in [0.2, 0.25) is 0 Å². The van der Waals surface area contributed by atoms with Crippen molar-refractivity contribution >= 4 is 0 Å². The van der Waals surface area contributed by atoms with Gasteiger partial charge in [-0.05, 0) is 12.8 Å². The van der Waals surface area contributed by atoms with Gasteiger partial charge in [0.05, 0.1) is 19.8 Å². The molecule has 0 unspecified atom stereocenters. The lowest BCUT2D eigenvalue weighted by molar-refractivity contribution is -0.0942. The fourth-order valence-corrected chi connectivity index (χ4v) is 2.61. The van der Waals surface area contributed by atoms with Gasteiger partial charge in [0.1, 0.15) is 24.4 Å². The van der Waals surface area contributed by atoms with Crippen LogP contribution in [0.15, 0.2) is 12.2 Å². The fraction of sp³-hybridized carbons (Fsp3) is 0.882.